The number of anilines is 1. The Bertz CT molecular complexity index is 1070. The smallest absolute Gasteiger partial charge is 0.231 e. The first-order valence-corrected chi connectivity index (χ1v) is 8.42. The number of hydrazine groups is 1. The number of fused-ring (bicyclic) bond motifs is 1. The average Bonchev–Trinajstić information content (AvgIpc) is 3.37. The van der Waals surface area contributed by atoms with Gasteiger partial charge in [0.2, 0.25) is 6.79 Å². The van der Waals surface area contributed by atoms with Gasteiger partial charge in [0, 0.05) is 12.3 Å². The summed E-state index contributed by atoms with van der Waals surface area (Å²) in [5.41, 5.74) is 6.53. The molecule has 27 heavy (non-hydrogen) atoms. The van der Waals surface area contributed by atoms with Crippen LogP contribution >= 0.6 is 0 Å². The van der Waals surface area contributed by atoms with E-state index < -0.39 is 0 Å². The Hall–Kier alpha value is -3.74. The lowest BCUT2D eigenvalue weighted by Gasteiger charge is -2.27. The molecule has 3 heterocycles. The zero-order valence-electron chi connectivity index (χ0n) is 14.2. The third kappa shape index (κ3) is 2.79. The van der Waals surface area contributed by atoms with Crippen LogP contribution in [0.25, 0.3) is 11.4 Å². The van der Waals surface area contributed by atoms with Gasteiger partial charge in [0.25, 0.3) is 0 Å². The maximum absolute atomic E-state index is 13.6. The number of benzene rings is 2. The van der Waals surface area contributed by atoms with E-state index in [9.17, 15) is 4.39 Å². The van der Waals surface area contributed by atoms with E-state index in [0.29, 0.717) is 11.4 Å². The van der Waals surface area contributed by atoms with Crippen molar-refractivity contribution in [3.8, 4) is 17.2 Å². The van der Waals surface area contributed by atoms with Crippen LogP contribution in [-0.4, -0.2) is 16.6 Å². The molecule has 0 spiro atoms. The van der Waals surface area contributed by atoms with E-state index in [1.54, 1.807) is 17.3 Å². The van der Waals surface area contributed by atoms with Gasteiger partial charge in [-0.15, -0.1) is 0 Å². The summed E-state index contributed by atoms with van der Waals surface area (Å²) in [5.74, 6) is 1.13. The molecule has 0 saturated heterocycles. The van der Waals surface area contributed by atoms with E-state index in [2.05, 4.69) is 10.5 Å². The molecule has 5 rings (SSSR count). The van der Waals surface area contributed by atoms with Gasteiger partial charge < -0.3 is 9.47 Å². The van der Waals surface area contributed by atoms with Crippen LogP contribution in [0, 0.1) is 5.82 Å². The van der Waals surface area contributed by atoms with E-state index in [1.807, 2.05) is 53.4 Å². The number of halogens is 1. The molecule has 2 aliphatic heterocycles. The Morgan fingerprint density at radius 1 is 1.00 bits per heavy atom. The van der Waals surface area contributed by atoms with Crippen LogP contribution in [0.4, 0.5) is 10.1 Å². The number of hydrogen-bond acceptors (Lipinski definition) is 5. The summed E-state index contributed by atoms with van der Waals surface area (Å²) in [4.78, 5) is 0. The molecule has 1 N–H and O–H groups in total. The normalized spacial score (nSPS) is 14.9. The second-order valence-corrected chi connectivity index (χ2v) is 6.05. The maximum Gasteiger partial charge on any atom is 0.231 e. The summed E-state index contributed by atoms with van der Waals surface area (Å²) in [6, 6.07) is 14.0. The van der Waals surface area contributed by atoms with Crippen molar-refractivity contribution in [2.24, 2.45) is 0 Å². The highest BCUT2D eigenvalue weighted by Gasteiger charge is 2.18. The van der Waals surface area contributed by atoms with Crippen LogP contribution in [-0.2, 0) is 0 Å². The first-order chi connectivity index (χ1) is 13.3. The third-order valence-corrected chi connectivity index (χ3v) is 4.34. The summed E-state index contributed by atoms with van der Waals surface area (Å²) in [6.07, 6.45) is 7.40. The lowest BCUT2D eigenvalue weighted by atomic mass is 10.2. The summed E-state index contributed by atoms with van der Waals surface area (Å²) < 4.78 is 26.2. The minimum atomic E-state index is -0.288. The fraction of sp³-hybridized carbons (Fsp3) is 0.0500. The SMILES string of the molecule is Fc1cccc(N2C=CC=C(c3ccnn3-c3ccc4c(c3)OCO4)N2)c1. The van der Waals surface area contributed by atoms with Crippen LogP contribution in [0.1, 0.15) is 5.69 Å². The molecule has 0 saturated carbocycles. The van der Waals surface area contributed by atoms with Crippen molar-refractivity contribution in [3.63, 3.8) is 0 Å². The molecule has 2 aliphatic rings. The Balaban J connectivity index is 1.47. The van der Waals surface area contributed by atoms with Crippen LogP contribution in [0.2, 0.25) is 0 Å². The van der Waals surface area contributed by atoms with E-state index in [4.69, 9.17) is 9.47 Å². The quantitative estimate of drug-likeness (QED) is 0.771. The molecule has 0 fully saturated rings. The Kier molecular flexibility index (Phi) is 3.57. The van der Waals surface area contributed by atoms with Gasteiger partial charge in [-0.25, -0.2) is 9.07 Å². The lowest BCUT2D eigenvalue weighted by Crippen LogP contribution is -2.34. The maximum atomic E-state index is 13.6. The third-order valence-electron chi connectivity index (χ3n) is 4.34. The number of rotatable bonds is 3. The van der Waals surface area contributed by atoms with Crippen molar-refractivity contribution in [1.82, 2.24) is 15.2 Å². The molecule has 1 aromatic heterocycles. The van der Waals surface area contributed by atoms with Crippen molar-refractivity contribution in [3.05, 3.63) is 84.6 Å². The molecule has 0 bridgehead atoms. The van der Waals surface area contributed by atoms with Crippen molar-refractivity contribution in [1.29, 1.82) is 0 Å². The van der Waals surface area contributed by atoms with E-state index in [1.165, 1.54) is 12.1 Å². The summed E-state index contributed by atoms with van der Waals surface area (Å²) in [5, 5.41) is 6.20. The van der Waals surface area contributed by atoms with Crippen LogP contribution in [0.3, 0.4) is 0 Å². The number of hydrogen-bond donors (Lipinski definition) is 1. The molecular formula is C20H15FN4O2. The second-order valence-electron chi connectivity index (χ2n) is 6.05. The van der Waals surface area contributed by atoms with Gasteiger partial charge in [-0.05, 0) is 48.6 Å². The zero-order chi connectivity index (χ0) is 18.2. The molecule has 0 aliphatic carbocycles. The average molecular weight is 362 g/mol. The van der Waals surface area contributed by atoms with Gasteiger partial charge in [-0.1, -0.05) is 6.07 Å². The number of nitrogens with zero attached hydrogens (tertiary/aromatic N) is 3. The first-order valence-electron chi connectivity index (χ1n) is 8.42. The number of aromatic nitrogens is 2. The van der Waals surface area contributed by atoms with Crippen molar-refractivity contribution in [2.75, 3.05) is 11.8 Å². The van der Waals surface area contributed by atoms with E-state index >= 15 is 0 Å². The molecular weight excluding hydrogens is 347 g/mol. The molecule has 0 radical (unpaired) electrons. The van der Waals surface area contributed by atoms with Crippen LogP contribution < -0.4 is 19.9 Å². The molecule has 7 heteroatoms. The Morgan fingerprint density at radius 2 is 1.93 bits per heavy atom. The first kappa shape index (κ1) is 15.5. The number of ether oxygens (including phenoxy) is 2. The van der Waals surface area contributed by atoms with E-state index in [0.717, 1.165) is 22.8 Å². The van der Waals surface area contributed by atoms with Gasteiger partial charge in [-0.2, -0.15) is 5.10 Å². The molecule has 3 aromatic rings. The standard InChI is InChI=1S/C20H15FN4O2/c21-14-3-1-4-15(11-14)24-10-2-5-17(23-24)18-8-9-22-25(18)16-6-7-19-20(12-16)27-13-26-19/h1-12,23H,13H2. The van der Waals surface area contributed by atoms with Crippen molar-refractivity contribution >= 4 is 11.4 Å². The Morgan fingerprint density at radius 3 is 2.85 bits per heavy atom. The monoisotopic (exact) mass is 362 g/mol. The van der Waals surface area contributed by atoms with E-state index in [-0.39, 0.29) is 12.6 Å². The highest BCUT2D eigenvalue weighted by Crippen LogP contribution is 2.34. The minimum Gasteiger partial charge on any atom is -0.454 e. The van der Waals surface area contributed by atoms with Gasteiger partial charge in [0.05, 0.1) is 29.0 Å². The molecule has 0 unspecified atom stereocenters. The fourth-order valence-electron chi connectivity index (χ4n) is 3.08. The molecule has 6 nitrogen and oxygen atoms in total. The molecule has 2 aromatic carbocycles. The van der Waals surface area contributed by atoms with Gasteiger partial charge in [0.1, 0.15) is 5.82 Å². The van der Waals surface area contributed by atoms with Gasteiger partial charge in [0.15, 0.2) is 11.5 Å². The highest BCUT2D eigenvalue weighted by atomic mass is 19.1. The molecule has 0 atom stereocenters. The van der Waals surface area contributed by atoms with Crippen LogP contribution in [0.15, 0.2) is 73.1 Å². The number of allylic oxidation sites excluding steroid dienone is 2. The topological polar surface area (TPSA) is 51.6 Å². The zero-order valence-corrected chi connectivity index (χ0v) is 14.2. The minimum absolute atomic E-state index is 0.227. The predicted octanol–water partition coefficient (Wildman–Crippen LogP) is 3.62. The summed E-state index contributed by atoms with van der Waals surface area (Å²) >= 11 is 0. The fourth-order valence-corrected chi connectivity index (χ4v) is 3.08. The summed E-state index contributed by atoms with van der Waals surface area (Å²) in [7, 11) is 0. The predicted molar refractivity (Wildman–Crippen MR) is 98.8 cm³/mol. The largest absolute Gasteiger partial charge is 0.454 e. The van der Waals surface area contributed by atoms with Gasteiger partial charge >= 0.3 is 0 Å². The van der Waals surface area contributed by atoms with Crippen molar-refractivity contribution in [2.45, 2.75) is 0 Å². The van der Waals surface area contributed by atoms with Crippen molar-refractivity contribution < 1.29 is 13.9 Å². The summed E-state index contributed by atoms with van der Waals surface area (Å²) in [6.45, 7) is 0.227. The highest BCUT2D eigenvalue weighted by molar-refractivity contribution is 5.69. The molecule has 134 valence electrons. The number of nitrogens with one attached hydrogen (secondary N) is 1. The molecule has 0 amide bonds. The van der Waals surface area contributed by atoms with Crippen LogP contribution in [0.5, 0.6) is 11.5 Å². The lowest BCUT2D eigenvalue weighted by molar-refractivity contribution is 0.174. The van der Waals surface area contributed by atoms with Gasteiger partial charge in [-0.3, -0.25) is 10.4 Å². The second kappa shape index (κ2) is 6.21. The Labute approximate surface area is 154 Å².